The Kier molecular flexibility index (Phi) is 2.45. The van der Waals surface area contributed by atoms with Crippen LogP contribution < -0.4 is 0 Å². The first-order chi connectivity index (χ1) is 6.81. The van der Waals surface area contributed by atoms with Gasteiger partial charge in [-0.2, -0.15) is 5.10 Å². The monoisotopic (exact) mass is 210 g/mol. The molecule has 2 aromatic rings. The molecule has 0 bridgehead atoms. The fraction of sp³-hybridized carbons (Fsp3) is 0.125. The molecule has 4 nitrogen and oxygen atoms in total. The van der Waals surface area contributed by atoms with Crippen LogP contribution in [0.3, 0.4) is 0 Å². The Hall–Kier alpha value is -1.43. The van der Waals surface area contributed by atoms with Gasteiger partial charge in [-0.15, -0.1) is 0 Å². The fourth-order valence-electron chi connectivity index (χ4n) is 1.03. The summed E-state index contributed by atoms with van der Waals surface area (Å²) in [5.74, 6) is -0.441. The van der Waals surface area contributed by atoms with E-state index in [-0.39, 0.29) is 5.69 Å². The third kappa shape index (κ3) is 1.60. The van der Waals surface area contributed by atoms with Gasteiger partial charge in [0.2, 0.25) is 0 Å². The van der Waals surface area contributed by atoms with Crippen molar-refractivity contribution >= 4 is 11.8 Å². The smallest absolute Gasteiger partial charge is 0.187 e. The van der Waals surface area contributed by atoms with Crippen molar-refractivity contribution in [3.63, 3.8) is 0 Å². The zero-order valence-corrected chi connectivity index (χ0v) is 8.18. The van der Waals surface area contributed by atoms with Crippen molar-refractivity contribution in [2.45, 2.75) is 5.16 Å². The number of thioether (sulfide) groups is 1. The molecule has 0 aromatic carbocycles. The highest BCUT2D eigenvalue weighted by molar-refractivity contribution is 7.98. The molecule has 0 saturated heterocycles. The van der Waals surface area contributed by atoms with Crippen molar-refractivity contribution in [1.29, 1.82) is 0 Å². The van der Waals surface area contributed by atoms with Gasteiger partial charge in [-0.05, 0) is 6.26 Å². The topological polar surface area (TPSA) is 54.5 Å². The molecule has 0 aliphatic rings. The van der Waals surface area contributed by atoms with Gasteiger partial charge in [0.25, 0.3) is 0 Å². The lowest BCUT2D eigenvalue weighted by molar-refractivity contribution is 0.610. The first-order valence-electron chi connectivity index (χ1n) is 3.87. The molecular formula is C8H7FN4S. The van der Waals surface area contributed by atoms with Crippen molar-refractivity contribution < 1.29 is 4.39 Å². The minimum Gasteiger partial charge on any atom is -0.285 e. The van der Waals surface area contributed by atoms with E-state index in [1.807, 2.05) is 6.26 Å². The second kappa shape index (κ2) is 3.75. The summed E-state index contributed by atoms with van der Waals surface area (Å²) in [6.45, 7) is 0. The molecule has 0 atom stereocenters. The molecule has 1 N–H and O–H groups in total. The Labute approximate surface area is 84.0 Å². The molecule has 0 amide bonds. The number of nitrogens with zero attached hydrogens (tertiary/aromatic N) is 3. The van der Waals surface area contributed by atoms with Crippen molar-refractivity contribution in [2.24, 2.45) is 0 Å². The summed E-state index contributed by atoms with van der Waals surface area (Å²) in [4.78, 5) is 7.86. The normalized spacial score (nSPS) is 10.4. The van der Waals surface area contributed by atoms with Gasteiger partial charge in [0, 0.05) is 11.8 Å². The standard InChI is InChI=1S/C8H7FN4S/c1-14-8-10-4-6(9)7(13-8)5-2-11-12-3-5/h2-4H,1H3,(H,11,12). The van der Waals surface area contributed by atoms with Crippen LogP contribution in [0.1, 0.15) is 0 Å². The van der Waals surface area contributed by atoms with E-state index >= 15 is 0 Å². The average molecular weight is 210 g/mol. The van der Waals surface area contributed by atoms with E-state index in [4.69, 9.17) is 0 Å². The van der Waals surface area contributed by atoms with Crippen LogP contribution in [0.5, 0.6) is 0 Å². The highest BCUT2D eigenvalue weighted by Gasteiger charge is 2.09. The molecule has 2 heterocycles. The number of aromatic nitrogens is 4. The number of halogens is 1. The fourth-order valence-corrected chi connectivity index (χ4v) is 1.37. The Morgan fingerprint density at radius 1 is 1.43 bits per heavy atom. The van der Waals surface area contributed by atoms with Crippen LogP contribution in [-0.2, 0) is 0 Å². The molecule has 0 aliphatic heterocycles. The lowest BCUT2D eigenvalue weighted by Gasteiger charge is -2.00. The summed E-state index contributed by atoms with van der Waals surface area (Å²) in [5.41, 5.74) is 0.901. The minimum atomic E-state index is -0.441. The van der Waals surface area contributed by atoms with Gasteiger partial charge in [0.1, 0.15) is 5.69 Å². The molecule has 72 valence electrons. The summed E-state index contributed by atoms with van der Waals surface area (Å²) in [5, 5.41) is 6.89. The maximum absolute atomic E-state index is 13.3. The van der Waals surface area contributed by atoms with Crippen molar-refractivity contribution in [2.75, 3.05) is 6.26 Å². The molecule has 2 aromatic heterocycles. The van der Waals surface area contributed by atoms with Crippen LogP contribution in [0.25, 0.3) is 11.3 Å². The SMILES string of the molecule is CSc1ncc(F)c(-c2cn[nH]c2)n1. The molecule has 14 heavy (non-hydrogen) atoms. The number of hydrogen-bond acceptors (Lipinski definition) is 4. The minimum absolute atomic E-state index is 0.276. The maximum Gasteiger partial charge on any atom is 0.187 e. The van der Waals surface area contributed by atoms with Crippen LogP contribution in [-0.4, -0.2) is 26.4 Å². The van der Waals surface area contributed by atoms with Crippen molar-refractivity contribution in [3.8, 4) is 11.3 Å². The molecular weight excluding hydrogens is 203 g/mol. The van der Waals surface area contributed by atoms with Crippen LogP contribution in [0.2, 0.25) is 0 Å². The zero-order valence-electron chi connectivity index (χ0n) is 7.36. The van der Waals surface area contributed by atoms with Gasteiger partial charge in [0.15, 0.2) is 11.0 Å². The van der Waals surface area contributed by atoms with E-state index in [9.17, 15) is 4.39 Å². The number of aromatic amines is 1. The first-order valence-corrected chi connectivity index (χ1v) is 5.09. The van der Waals surface area contributed by atoms with E-state index in [2.05, 4.69) is 20.2 Å². The summed E-state index contributed by atoms with van der Waals surface area (Å²) in [6, 6.07) is 0. The lowest BCUT2D eigenvalue weighted by Crippen LogP contribution is -1.93. The van der Waals surface area contributed by atoms with E-state index in [1.54, 1.807) is 6.20 Å². The molecule has 2 rings (SSSR count). The van der Waals surface area contributed by atoms with Crippen LogP contribution in [0, 0.1) is 5.82 Å². The van der Waals surface area contributed by atoms with Gasteiger partial charge in [-0.3, -0.25) is 5.10 Å². The summed E-state index contributed by atoms with van der Waals surface area (Å²) in [7, 11) is 0. The molecule has 0 fully saturated rings. The van der Waals surface area contributed by atoms with E-state index in [1.165, 1.54) is 24.2 Å². The summed E-state index contributed by atoms with van der Waals surface area (Å²) < 4.78 is 13.3. The van der Waals surface area contributed by atoms with Crippen LogP contribution in [0.4, 0.5) is 4.39 Å². The highest BCUT2D eigenvalue weighted by Crippen LogP contribution is 2.20. The largest absolute Gasteiger partial charge is 0.285 e. The number of nitrogens with one attached hydrogen (secondary N) is 1. The molecule has 0 radical (unpaired) electrons. The second-order valence-electron chi connectivity index (χ2n) is 2.54. The van der Waals surface area contributed by atoms with Gasteiger partial charge < -0.3 is 0 Å². The zero-order chi connectivity index (χ0) is 9.97. The van der Waals surface area contributed by atoms with Crippen molar-refractivity contribution in [1.82, 2.24) is 20.2 Å². The molecule has 6 heteroatoms. The van der Waals surface area contributed by atoms with Crippen LogP contribution >= 0.6 is 11.8 Å². The van der Waals surface area contributed by atoms with Crippen molar-refractivity contribution in [3.05, 3.63) is 24.4 Å². The maximum atomic E-state index is 13.3. The van der Waals surface area contributed by atoms with E-state index in [0.29, 0.717) is 10.7 Å². The molecule has 0 spiro atoms. The average Bonchev–Trinajstić information content (AvgIpc) is 2.71. The Morgan fingerprint density at radius 2 is 2.29 bits per heavy atom. The molecule has 0 aliphatic carbocycles. The summed E-state index contributed by atoms with van der Waals surface area (Å²) >= 11 is 1.37. The quantitative estimate of drug-likeness (QED) is 0.605. The third-order valence-corrected chi connectivity index (χ3v) is 2.24. The Balaban J connectivity index is 2.51. The van der Waals surface area contributed by atoms with E-state index < -0.39 is 5.82 Å². The predicted molar refractivity (Wildman–Crippen MR) is 51.4 cm³/mol. The predicted octanol–water partition coefficient (Wildman–Crippen LogP) is 1.73. The lowest BCUT2D eigenvalue weighted by atomic mass is 10.2. The van der Waals surface area contributed by atoms with Gasteiger partial charge >= 0.3 is 0 Å². The second-order valence-corrected chi connectivity index (χ2v) is 3.31. The molecule has 0 unspecified atom stereocenters. The first kappa shape index (κ1) is 9.14. The molecule has 0 saturated carbocycles. The van der Waals surface area contributed by atoms with Gasteiger partial charge in [0.05, 0.1) is 12.4 Å². The van der Waals surface area contributed by atoms with Gasteiger partial charge in [-0.25, -0.2) is 14.4 Å². The Bertz CT molecular complexity index is 429. The highest BCUT2D eigenvalue weighted by atomic mass is 32.2. The van der Waals surface area contributed by atoms with Crippen LogP contribution in [0.15, 0.2) is 23.7 Å². The Morgan fingerprint density at radius 3 is 2.93 bits per heavy atom. The number of hydrogen-bond donors (Lipinski definition) is 1. The number of H-pyrrole nitrogens is 1. The summed E-state index contributed by atoms with van der Waals surface area (Å²) in [6.07, 6.45) is 6.12. The van der Waals surface area contributed by atoms with E-state index in [0.717, 1.165) is 0 Å². The third-order valence-electron chi connectivity index (χ3n) is 1.68. The number of rotatable bonds is 2. The van der Waals surface area contributed by atoms with Gasteiger partial charge in [-0.1, -0.05) is 11.8 Å².